The van der Waals surface area contributed by atoms with Gasteiger partial charge in [-0.05, 0) is 43.4 Å². The van der Waals surface area contributed by atoms with Crippen molar-refractivity contribution >= 4 is 10.1 Å². The van der Waals surface area contributed by atoms with Crippen molar-refractivity contribution in [3.8, 4) is 5.75 Å². The zero-order valence-corrected chi connectivity index (χ0v) is 16.5. The van der Waals surface area contributed by atoms with Crippen molar-refractivity contribution in [2.24, 2.45) is 0 Å². The van der Waals surface area contributed by atoms with E-state index in [9.17, 15) is 21.8 Å². The molecule has 1 N–H and O–H groups in total. The second-order valence-corrected chi connectivity index (χ2v) is 9.67. The predicted octanol–water partition coefficient (Wildman–Crippen LogP) is 3.32. The zero-order chi connectivity index (χ0) is 20.3. The van der Waals surface area contributed by atoms with Crippen LogP contribution in [0.5, 0.6) is 5.75 Å². The maximum absolute atomic E-state index is 14.0. The standard InChI is InChI=1S/C18H24F2O6S/c1-16(2,9-18(15(19)20)10-25-17(3,4)26-18)13-8-12(27(21,22)23)7-11-5-6-24-14(11)13/h7-8,15H,5-6,9-10H2,1-4H3,(H,21,22,23). The first-order valence-corrected chi connectivity index (χ1v) is 10.1. The topological polar surface area (TPSA) is 82.1 Å². The molecule has 9 heteroatoms. The molecule has 1 unspecified atom stereocenters. The van der Waals surface area contributed by atoms with E-state index in [1.165, 1.54) is 12.1 Å². The molecule has 0 aromatic heterocycles. The van der Waals surface area contributed by atoms with E-state index in [-0.39, 0.29) is 17.9 Å². The fourth-order valence-corrected chi connectivity index (χ4v) is 4.45. The fourth-order valence-electron chi connectivity index (χ4n) is 3.89. The second-order valence-electron chi connectivity index (χ2n) is 8.25. The smallest absolute Gasteiger partial charge is 0.294 e. The van der Waals surface area contributed by atoms with Crippen LogP contribution in [0.3, 0.4) is 0 Å². The van der Waals surface area contributed by atoms with Crippen LogP contribution >= 0.6 is 0 Å². The molecule has 0 bridgehead atoms. The fraction of sp³-hybridized carbons (Fsp3) is 0.667. The molecule has 3 rings (SSSR count). The van der Waals surface area contributed by atoms with Gasteiger partial charge < -0.3 is 14.2 Å². The highest BCUT2D eigenvalue weighted by Crippen LogP contribution is 2.47. The predicted molar refractivity (Wildman–Crippen MR) is 92.9 cm³/mol. The van der Waals surface area contributed by atoms with E-state index in [0.29, 0.717) is 29.9 Å². The van der Waals surface area contributed by atoms with Crippen LogP contribution in [-0.2, 0) is 31.4 Å². The number of hydrogen-bond acceptors (Lipinski definition) is 5. The average molecular weight is 406 g/mol. The van der Waals surface area contributed by atoms with Crippen molar-refractivity contribution in [2.45, 2.75) is 68.7 Å². The number of halogens is 2. The van der Waals surface area contributed by atoms with Crippen LogP contribution in [0, 0.1) is 0 Å². The summed E-state index contributed by atoms with van der Waals surface area (Å²) < 4.78 is 77.3. The number of ether oxygens (including phenoxy) is 3. The van der Waals surface area contributed by atoms with Crippen LogP contribution in [-0.4, -0.2) is 44.0 Å². The number of alkyl halides is 2. The molecule has 0 radical (unpaired) electrons. The Balaban J connectivity index is 2.06. The van der Waals surface area contributed by atoms with E-state index in [0.717, 1.165) is 0 Å². The zero-order valence-electron chi connectivity index (χ0n) is 15.7. The summed E-state index contributed by atoms with van der Waals surface area (Å²) in [5.41, 5.74) is -1.69. The molecule has 2 aliphatic heterocycles. The molecule has 27 heavy (non-hydrogen) atoms. The molecule has 1 aromatic carbocycles. The van der Waals surface area contributed by atoms with Gasteiger partial charge in [0, 0.05) is 12.0 Å². The van der Waals surface area contributed by atoms with Gasteiger partial charge in [-0.25, -0.2) is 8.78 Å². The minimum atomic E-state index is -4.44. The van der Waals surface area contributed by atoms with E-state index in [2.05, 4.69) is 0 Å². The summed E-state index contributed by atoms with van der Waals surface area (Å²) in [6, 6.07) is 2.65. The lowest BCUT2D eigenvalue weighted by Gasteiger charge is -2.37. The normalized spacial score (nSPS) is 24.9. The SMILES string of the molecule is CC1(C)OCC(CC(C)(C)c2cc(S(=O)(=O)O)cc3c2OCC3)(C(F)F)O1. The monoisotopic (exact) mass is 406 g/mol. The van der Waals surface area contributed by atoms with Crippen LogP contribution in [0.25, 0.3) is 0 Å². The van der Waals surface area contributed by atoms with Gasteiger partial charge in [-0.2, -0.15) is 8.42 Å². The molecule has 1 saturated heterocycles. The van der Waals surface area contributed by atoms with Gasteiger partial charge in [0.15, 0.2) is 11.4 Å². The highest BCUT2D eigenvalue weighted by molar-refractivity contribution is 7.85. The molecule has 152 valence electrons. The van der Waals surface area contributed by atoms with Crippen molar-refractivity contribution in [2.75, 3.05) is 13.2 Å². The van der Waals surface area contributed by atoms with E-state index in [1.807, 2.05) is 0 Å². The molecular formula is C18H24F2O6S. The van der Waals surface area contributed by atoms with Gasteiger partial charge in [0.1, 0.15) is 5.75 Å². The minimum Gasteiger partial charge on any atom is -0.493 e. The lowest BCUT2D eigenvalue weighted by atomic mass is 9.74. The number of benzene rings is 1. The number of hydrogen-bond donors (Lipinski definition) is 1. The molecule has 1 fully saturated rings. The Hall–Kier alpha value is -1.29. The van der Waals surface area contributed by atoms with Crippen LogP contribution in [0.2, 0.25) is 0 Å². The van der Waals surface area contributed by atoms with Gasteiger partial charge in [-0.1, -0.05) is 13.8 Å². The quantitative estimate of drug-likeness (QED) is 0.756. The van der Waals surface area contributed by atoms with Gasteiger partial charge in [-0.3, -0.25) is 4.55 Å². The molecule has 1 aromatic rings. The maximum atomic E-state index is 14.0. The van der Waals surface area contributed by atoms with Gasteiger partial charge in [-0.15, -0.1) is 0 Å². The number of rotatable bonds is 5. The Labute approximate surface area is 157 Å². The van der Waals surface area contributed by atoms with Crippen molar-refractivity contribution in [1.82, 2.24) is 0 Å². The molecule has 2 aliphatic rings. The Kier molecular flexibility index (Phi) is 4.82. The summed E-state index contributed by atoms with van der Waals surface area (Å²) in [7, 11) is -4.44. The first-order chi connectivity index (χ1) is 12.3. The molecule has 0 amide bonds. The van der Waals surface area contributed by atoms with Crippen molar-refractivity contribution in [3.05, 3.63) is 23.3 Å². The number of fused-ring (bicyclic) bond motifs is 1. The van der Waals surface area contributed by atoms with E-state index in [4.69, 9.17) is 14.2 Å². The van der Waals surface area contributed by atoms with Crippen molar-refractivity contribution in [1.29, 1.82) is 0 Å². The van der Waals surface area contributed by atoms with Crippen LogP contribution in [0.1, 0.15) is 45.2 Å². The highest BCUT2D eigenvalue weighted by Gasteiger charge is 2.55. The van der Waals surface area contributed by atoms with E-state index in [1.54, 1.807) is 27.7 Å². The minimum absolute atomic E-state index is 0.119. The van der Waals surface area contributed by atoms with Gasteiger partial charge >= 0.3 is 0 Å². The Morgan fingerprint density at radius 3 is 2.48 bits per heavy atom. The molecule has 1 atom stereocenters. The third-order valence-corrected chi connectivity index (χ3v) is 5.87. The third kappa shape index (κ3) is 3.83. The lowest BCUT2D eigenvalue weighted by molar-refractivity contribution is -0.197. The summed E-state index contributed by atoms with van der Waals surface area (Å²) in [6.07, 6.45) is -2.43. The first-order valence-electron chi connectivity index (χ1n) is 8.66. The molecule has 0 saturated carbocycles. The summed E-state index contributed by atoms with van der Waals surface area (Å²) in [4.78, 5) is -0.273. The lowest BCUT2D eigenvalue weighted by Crippen LogP contribution is -2.46. The molecule has 6 nitrogen and oxygen atoms in total. The molecule has 0 spiro atoms. The summed E-state index contributed by atoms with van der Waals surface area (Å²) in [6.45, 7) is 6.67. The summed E-state index contributed by atoms with van der Waals surface area (Å²) in [5.74, 6) is -0.656. The first kappa shape index (κ1) is 20.4. The van der Waals surface area contributed by atoms with Crippen molar-refractivity contribution < 1.29 is 36.0 Å². The van der Waals surface area contributed by atoms with Gasteiger partial charge in [0.2, 0.25) is 0 Å². The molecule has 0 aliphatic carbocycles. The van der Waals surface area contributed by atoms with Crippen LogP contribution < -0.4 is 4.74 Å². The van der Waals surface area contributed by atoms with Gasteiger partial charge in [0.05, 0.1) is 18.1 Å². The average Bonchev–Trinajstić information content (AvgIpc) is 3.09. The third-order valence-electron chi connectivity index (χ3n) is 5.04. The van der Waals surface area contributed by atoms with Crippen molar-refractivity contribution in [3.63, 3.8) is 0 Å². The van der Waals surface area contributed by atoms with Crippen LogP contribution in [0.4, 0.5) is 8.78 Å². The highest BCUT2D eigenvalue weighted by atomic mass is 32.2. The van der Waals surface area contributed by atoms with Crippen LogP contribution in [0.15, 0.2) is 17.0 Å². The van der Waals surface area contributed by atoms with E-state index < -0.39 is 33.3 Å². The summed E-state index contributed by atoms with van der Waals surface area (Å²) >= 11 is 0. The maximum Gasteiger partial charge on any atom is 0.294 e. The Morgan fingerprint density at radius 1 is 1.30 bits per heavy atom. The molecular weight excluding hydrogens is 382 g/mol. The Morgan fingerprint density at radius 2 is 1.96 bits per heavy atom. The largest absolute Gasteiger partial charge is 0.493 e. The summed E-state index contributed by atoms with van der Waals surface area (Å²) in [5, 5.41) is 0. The molecule has 2 heterocycles. The van der Waals surface area contributed by atoms with Gasteiger partial charge in [0.25, 0.3) is 16.5 Å². The second kappa shape index (κ2) is 6.37. The van der Waals surface area contributed by atoms with E-state index >= 15 is 0 Å². The Bertz CT molecular complexity index is 850.